The molecule has 170 valence electrons. The minimum Gasteiger partial charge on any atom is -0.493 e. The molecule has 1 saturated carbocycles. The molecule has 6 nitrogen and oxygen atoms in total. The summed E-state index contributed by atoms with van der Waals surface area (Å²) in [7, 11) is 4.83. The van der Waals surface area contributed by atoms with Crippen molar-refractivity contribution in [3.8, 4) is 11.5 Å². The molecule has 1 aromatic rings. The highest BCUT2D eigenvalue weighted by molar-refractivity contribution is 5.79. The fourth-order valence-corrected chi connectivity index (χ4v) is 3.74. The number of nitrogens with zero attached hydrogens (tertiary/aromatic N) is 1. The zero-order valence-electron chi connectivity index (χ0n) is 17.9. The van der Waals surface area contributed by atoms with Crippen molar-refractivity contribution < 1.29 is 27.4 Å². The Balaban J connectivity index is 1.91. The first-order valence-corrected chi connectivity index (χ1v) is 10.1. The number of ether oxygens (including phenoxy) is 3. The fraction of sp³-hybridized carbons (Fsp3) is 0.667. The van der Waals surface area contributed by atoms with E-state index in [1.165, 1.54) is 38.9 Å². The molecule has 0 amide bonds. The Morgan fingerprint density at radius 2 is 1.87 bits per heavy atom. The molecule has 0 bridgehead atoms. The minimum absolute atomic E-state index is 0.0578. The zero-order chi connectivity index (χ0) is 22.0. The molecular weight excluding hydrogens is 399 g/mol. The van der Waals surface area contributed by atoms with Crippen LogP contribution in [0, 0.1) is 5.41 Å². The largest absolute Gasteiger partial charge is 0.493 e. The maximum Gasteiger partial charge on any atom is 0.422 e. The smallest absolute Gasteiger partial charge is 0.422 e. The Kier molecular flexibility index (Phi) is 9.08. The predicted octanol–water partition coefficient (Wildman–Crippen LogP) is 3.90. The van der Waals surface area contributed by atoms with Gasteiger partial charge in [-0.2, -0.15) is 13.2 Å². The second kappa shape index (κ2) is 11.3. The molecule has 2 N–H and O–H groups in total. The third kappa shape index (κ3) is 7.59. The molecule has 0 saturated heterocycles. The van der Waals surface area contributed by atoms with Gasteiger partial charge in [0, 0.05) is 33.9 Å². The molecule has 0 spiro atoms. The number of halogens is 3. The number of alkyl halides is 3. The second-order valence-electron chi connectivity index (χ2n) is 7.62. The van der Waals surface area contributed by atoms with Crippen molar-refractivity contribution in [1.29, 1.82) is 0 Å². The van der Waals surface area contributed by atoms with Crippen LogP contribution in [0.15, 0.2) is 23.2 Å². The van der Waals surface area contributed by atoms with Crippen LogP contribution in [0.25, 0.3) is 0 Å². The molecule has 0 aliphatic heterocycles. The van der Waals surface area contributed by atoms with E-state index >= 15 is 0 Å². The Morgan fingerprint density at radius 1 is 1.13 bits per heavy atom. The molecule has 9 heteroatoms. The number of rotatable bonds is 10. The molecule has 1 aliphatic carbocycles. The normalized spacial score (nSPS) is 16.4. The number of nitrogens with one attached hydrogen (secondary N) is 2. The van der Waals surface area contributed by atoms with Crippen LogP contribution in [0.5, 0.6) is 11.5 Å². The quantitative estimate of drug-likeness (QED) is 0.435. The van der Waals surface area contributed by atoms with Crippen molar-refractivity contribution in [2.45, 2.75) is 44.8 Å². The lowest BCUT2D eigenvalue weighted by atomic mass is 9.83. The molecule has 1 fully saturated rings. The van der Waals surface area contributed by atoms with Gasteiger partial charge in [0.15, 0.2) is 24.1 Å². The Hall–Kier alpha value is -2.16. The summed E-state index contributed by atoms with van der Waals surface area (Å²) >= 11 is 0. The number of hydrogen-bond donors (Lipinski definition) is 2. The Bertz CT molecular complexity index is 690. The van der Waals surface area contributed by atoms with Crippen LogP contribution < -0.4 is 20.1 Å². The molecule has 0 heterocycles. The number of benzene rings is 1. The van der Waals surface area contributed by atoms with Crippen LogP contribution in [-0.2, 0) is 11.3 Å². The van der Waals surface area contributed by atoms with Gasteiger partial charge < -0.3 is 24.8 Å². The maximum absolute atomic E-state index is 12.4. The van der Waals surface area contributed by atoms with E-state index in [4.69, 9.17) is 14.2 Å². The van der Waals surface area contributed by atoms with E-state index in [9.17, 15) is 13.2 Å². The molecule has 30 heavy (non-hydrogen) atoms. The van der Waals surface area contributed by atoms with Crippen molar-refractivity contribution in [1.82, 2.24) is 10.6 Å². The lowest BCUT2D eigenvalue weighted by Crippen LogP contribution is -2.43. The standard InChI is InChI=1S/C21H32F3N3O3/c1-25-19(27-14-20(10-11-28-2)8-4-5-9-20)26-13-16-6-7-17(18(12-16)29-3)30-15-21(22,23)24/h6-7,12H,4-5,8-11,13-15H2,1-3H3,(H2,25,26,27). The van der Waals surface area contributed by atoms with Crippen LogP contribution in [0.4, 0.5) is 13.2 Å². The van der Waals surface area contributed by atoms with Gasteiger partial charge in [-0.1, -0.05) is 18.9 Å². The maximum atomic E-state index is 12.4. The van der Waals surface area contributed by atoms with Crippen LogP contribution >= 0.6 is 0 Å². The van der Waals surface area contributed by atoms with Gasteiger partial charge in [0.25, 0.3) is 0 Å². The van der Waals surface area contributed by atoms with Crippen molar-refractivity contribution in [3.05, 3.63) is 23.8 Å². The molecule has 0 unspecified atom stereocenters. The summed E-state index contributed by atoms with van der Waals surface area (Å²) in [5.41, 5.74) is 1.07. The van der Waals surface area contributed by atoms with Gasteiger partial charge in [-0.15, -0.1) is 0 Å². The average Bonchev–Trinajstić information content (AvgIpc) is 3.19. The van der Waals surface area contributed by atoms with Crippen LogP contribution in [0.1, 0.15) is 37.7 Å². The predicted molar refractivity (Wildman–Crippen MR) is 110 cm³/mol. The lowest BCUT2D eigenvalue weighted by molar-refractivity contribution is -0.153. The highest BCUT2D eigenvalue weighted by atomic mass is 19.4. The van der Waals surface area contributed by atoms with Gasteiger partial charge in [-0.3, -0.25) is 4.99 Å². The molecule has 0 atom stereocenters. The highest BCUT2D eigenvalue weighted by Gasteiger charge is 2.33. The number of aliphatic imine (C=N–C) groups is 1. The minimum atomic E-state index is -4.40. The summed E-state index contributed by atoms with van der Waals surface area (Å²) in [5, 5.41) is 6.65. The number of hydrogen-bond acceptors (Lipinski definition) is 4. The van der Waals surface area contributed by atoms with Gasteiger partial charge in [-0.25, -0.2) is 0 Å². The molecule has 2 rings (SSSR count). The van der Waals surface area contributed by atoms with Crippen LogP contribution in [-0.4, -0.2) is 53.2 Å². The summed E-state index contributed by atoms with van der Waals surface area (Å²) in [6.45, 7) is 0.656. The zero-order valence-corrected chi connectivity index (χ0v) is 17.9. The van der Waals surface area contributed by atoms with Gasteiger partial charge in [-0.05, 0) is 42.4 Å². The molecule has 0 radical (unpaired) electrons. The van der Waals surface area contributed by atoms with Crippen molar-refractivity contribution in [2.24, 2.45) is 10.4 Å². The number of methoxy groups -OCH3 is 2. The van der Waals surface area contributed by atoms with E-state index in [0.717, 1.165) is 25.1 Å². The van der Waals surface area contributed by atoms with Gasteiger partial charge in [0.2, 0.25) is 0 Å². The van der Waals surface area contributed by atoms with Crippen molar-refractivity contribution in [2.75, 3.05) is 41.0 Å². The third-order valence-corrected chi connectivity index (χ3v) is 5.43. The monoisotopic (exact) mass is 431 g/mol. The third-order valence-electron chi connectivity index (χ3n) is 5.43. The van der Waals surface area contributed by atoms with E-state index < -0.39 is 12.8 Å². The fourth-order valence-electron chi connectivity index (χ4n) is 3.74. The first kappa shape index (κ1) is 24.1. The molecular formula is C21H32F3N3O3. The van der Waals surface area contributed by atoms with E-state index in [0.29, 0.717) is 12.5 Å². The van der Waals surface area contributed by atoms with Crippen molar-refractivity contribution in [3.63, 3.8) is 0 Å². The first-order valence-electron chi connectivity index (χ1n) is 10.1. The molecule has 0 aromatic heterocycles. The first-order chi connectivity index (χ1) is 14.3. The van der Waals surface area contributed by atoms with Gasteiger partial charge in [0.1, 0.15) is 0 Å². The average molecular weight is 431 g/mol. The highest BCUT2D eigenvalue weighted by Crippen LogP contribution is 2.40. The summed E-state index contributed by atoms with van der Waals surface area (Å²) in [4.78, 5) is 4.27. The summed E-state index contributed by atoms with van der Waals surface area (Å²) < 4.78 is 52.4. The summed E-state index contributed by atoms with van der Waals surface area (Å²) in [6.07, 6.45) is 1.45. The molecule has 1 aliphatic rings. The summed E-state index contributed by atoms with van der Waals surface area (Å²) in [5.74, 6) is 0.989. The van der Waals surface area contributed by atoms with Crippen molar-refractivity contribution >= 4 is 5.96 Å². The Morgan fingerprint density at radius 3 is 2.47 bits per heavy atom. The van der Waals surface area contributed by atoms with Crippen LogP contribution in [0.2, 0.25) is 0 Å². The van der Waals surface area contributed by atoms with E-state index in [1.807, 2.05) is 0 Å². The second-order valence-corrected chi connectivity index (χ2v) is 7.62. The topological polar surface area (TPSA) is 64.1 Å². The lowest BCUT2D eigenvalue weighted by Gasteiger charge is -2.30. The number of guanidine groups is 1. The van der Waals surface area contributed by atoms with E-state index in [1.54, 1.807) is 26.3 Å². The summed E-state index contributed by atoms with van der Waals surface area (Å²) in [6, 6.07) is 4.84. The molecule has 1 aromatic carbocycles. The SMILES string of the molecule is CN=C(NCc1ccc(OCC(F)(F)F)c(OC)c1)NCC1(CCOC)CCCC1. The van der Waals surface area contributed by atoms with Gasteiger partial charge >= 0.3 is 6.18 Å². The Labute approximate surface area is 176 Å². The van der Waals surface area contributed by atoms with E-state index in [2.05, 4.69) is 15.6 Å². The van der Waals surface area contributed by atoms with E-state index in [-0.39, 0.29) is 16.9 Å². The van der Waals surface area contributed by atoms with Crippen LogP contribution in [0.3, 0.4) is 0 Å². The van der Waals surface area contributed by atoms with Gasteiger partial charge in [0.05, 0.1) is 7.11 Å².